The molecule has 3 rings (SSSR count). The second-order valence-electron chi connectivity index (χ2n) is 6.26. The summed E-state index contributed by atoms with van der Waals surface area (Å²) in [6.07, 6.45) is 1.67. The van der Waals surface area contributed by atoms with E-state index < -0.39 is 10.2 Å². The van der Waals surface area contributed by atoms with Gasteiger partial charge in [0.25, 0.3) is 16.1 Å². The zero-order chi connectivity index (χ0) is 18.0. The van der Waals surface area contributed by atoms with E-state index in [0.29, 0.717) is 17.1 Å². The number of rotatable bonds is 5. The number of anilines is 2. The molecule has 1 aliphatic heterocycles. The lowest BCUT2D eigenvalue weighted by Gasteiger charge is -2.29. The van der Waals surface area contributed by atoms with Crippen LogP contribution in [0.1, 0.15) is 35.5 Å². The Labute approximate surface area is 152 Å². The van der Waals surface area contributed by atoms with E-state index >= 15 is 0 Å². The molecule has 1 aromatic heterocycles. The van der Waals surface area contributed by atoms with Gasteiger partial charge in [0.05, 0.1) is 10.6 Å². The fraction of sp³-hybridized carbons (Fsp3) is 0.353. The average Bonchev–Trinajstić information content (AvgIpc) is 3.06. The summed E-state index contributed by atoms with van der Waals surface area (Å²) in [4.78, 5) is 15.2. The van der Waals surface area contributed by atoms with Gasteiger partial charge in [-0.3, -0.25) is 9.52 Å². The summed E-state index contributed by atoms with van der Waals surface area (Å²) >= 11 is 1.42. The summed E-state index contributed by atoms with van der Waals surface area (Å²) in [5.41, 5.74) is 2.32. The minimum atomic E-state index is -3.60. The molecular weight excluding hydrogens is 358 g/mol. The summed E-state index contributed by atoms with van der Waals surface area (Å²) in [7, 11) is -3.60. The van der Waals surface area contributed by atoms with Gasteiger partial charge in [0.2, 0.25) is 0 Å². The third-order valence-electron chi connectivity index (χ3n) is 3.82. The summed E-state index contributed by atoms with van der Waals surface area (Å²) in [5.74, 6) is -0.00856. The molecule has 2 N–H and O–H groups in total. The normalized spacial score (nSPS) is 14.4. The number of aryl methyl sites for hydroxylation is 1. The lowest BCUT2D eigenvalue weighted by Crippen LogP contribution is -2.36. The molecule has 0 atom stereocenters. The van der Waals surface area contributed by atoms with Crippen LogP contribution in [0, 0.1) is 0 Å². The smallest absolute Gasteiger partial charge is 0.299 e. The number of carbonyl (C=O) groups is 1. The van der Waals surface area contributed by atoms with Crippen LogP contribution in [-0.4, -0.2) is 26.9 Å². The third kappa shape index (κ3) is 4.20. The first kappa shape index (κ1) is 17.9. The van der Waals surface area contributed by atoms with Crippen LogP contribution in [0.4, 0.5) is 11.4 Å². The molecular formula is C17H21N3O3S2. The third-order valence-corrected chi connectivity index (χ3v) is 5.96. The van der Waals surface area contributed by atoms with Crippen molar-refractivity contribution in [2.45, 2.75) is 32.7 Å². The van der Waals surface area contributed by atoms with Gasteiger partial charge in [-0.1, -0.05) is 6.07 Å². The Morgan fingerprint density at radius 2 is 2.08 bits per heavy atom. The van der Waals surface area contributed by atoms with Crippen molar-refractivity contribution < 1.29 is 13.2 Å². The van der Waals surface area contributed by atoms with Crippen molar-refractivity contribution in [2.24, 2.45) is 0 Å². The molecule has 1 aliphatic rings. The first-order valence-electron chi connectivity index (χ1n) is 8.14. The topological polar surface area (TPSA) is 78.5 Å². The van der Waals surface area contributed by atoms with E-state index in [1.165, 1.54) is 11.3 Å². The van der Waals surface area contributed by atoms with E-state index in [2.05, 4.69) is 9.44 Å². The summed E-state index contributed by atoms with van der Waals surface area (Å²) < 4.78 is 29.1. The molecule has 0 fully saturated rings. The number of benzene rings is 1. The van der Waals surface area contributed by atoms with E-state index in [-0.39, 0.29) is 11.9 Å². The molecule has 2 heterocycles. The maximum absolute atomic E-state index is 12.7. The summed E-state index contributed by atoms with van der Waals surface area (Å²) in [6.45, 7) is 4.20. The number of carbonyl (C=O) groups excluding carboxylic acids is 1. The molecule has 0 radical (unpaired) electrons. The number of nitrogens with zero attached hydrogens (tertiary/aromatic N) is 1. The highest BCUT2D eigenvalue weighted by molar-refractivity contribution is 7.90. The van der Waals surface area contributed by atoms with E-state index in [0.717, 1.165) is 24.1 Å². The first-order chi connectivity index (χ1) is 11.9. The minimum Gasteiger partial charge on any atom is -0.307 e. The lowest BCUT2D eigenvalue weighted by molar-refractivity contribution is 0.0989. The quantitative estimate of drug-likeness (QED) is 0.838. The highest BCUT2D eigenvalue weighted by Crippen LogP contribution is 2.31. The molecule has 134 valence electrons. The Morgan fingerprint density at radius 3 is 2.76 bits per heavy atom. The van der Waals surface area contributed by atoms with Gasteiger partial charge in [-0.25, -0.2) is 0 Å². The SMILES string of the molecule is CC(C)NS(=O)(=O)Nc1ccc2c(c1)CCCN2C(=O)c1cccs1. The molecule has 1 amide bonds. The summed E-state index contributed by atoms with van der Waals surface area (Å²) in [6, 6.07) is 8.81. The standard InChI is InChI=1S/C17H21N3O3S2/c1-12(2)18-25(22,23)19-14-7-8-15-13(11-14)5-3-9-20(15)17(21)16-6-4-10-24-16/h4,6-8,10-12,18-19H,3,5,9H2,1-2H3. The van der Waals surface area contributed by atoms with Gasteiger partial charge >= 0.3 is 0 Å². The monoisotopic (exact) mass is 379 g/mol. The molecule has 0 bridgehead atoms. The molecule has 0 saturated carbocycles. The van der Waals surface area contributed by atoms with Crippen LogP contribution in [0.25, 0.3) is 0 Å². The van der Waals surface area contributed by atoms with Gasteiger partial charge in [-0.15, -0.1) is 11.3 Å². The van der Waals surface area contributed by atoms with Crippen LogP contribution in [0.5, 0.6) is 0 Å². The average molecular weight is 380 g/mol. The second kappa shape index (κ2) is 7.15. The molecule has 0 unspecified atom stereocenters. The van der Waals surface area contributed by atoms with Gasteiger partial charge in [0.1, 0.15) is 0 Å². The highest BCUT2D eigenvalue weighted by Gasteiger charge is 2.24. The van der Waals surface area contributed by atoms with E-state index in [1.807, 2.05) is 29.6 Å². The van der Waals surface area contributed by atoms with Crippen LogP contribution in [0.15, 0.2) is 35.7 Å². The number of nitrogens with one attached hydrogen (secondary N) is 2. The minimum absolute atomic E-state index is 0.00856. The molecule has 6 nitrogen and oxygen atoms in total. The maximum atomic E-state index is 12.7. The molecule has 2 aromatic rings. The highest BCUT2D eigenvalue weighted by atomic mass is 32.2. The molecule has 0 spiro atoms. The predicted octanol–water partition coefficient (Wildman–Crippen LogP) is 3.00. The Morgan fingerprint density at radius 1 is 1.28 bits per heavy atom. The Bertz CT molecular complexity index is 861. The second-order valence-corrected chi connectivity index (χ2v) is 8.65. The number of fused-ring (bicyclic) bond motifs is 1. The lowest BCUT2D eigenvalue weighted by atomic mass is 10.0. The number of hydrogen-bond acceptors (Lipinski definition) is 4. The van der Waals surface area contributed by atoms with Crippen LogP contribution < -0.4 is 14.3 Å². The maximum Gasteiger partial charge on any atom is 0.299 e. The zero-order valence-electron chi connectivity index (χ0n) is 14.2. The van der Waals surface area contributed by atoms with Gasteiger partial charge in [0.15, 0.2) is 0 Å². The van der Waals surface area contributed by atoms with E-state index in [9.17, 15) is 13.2 Å². The predicted molar refractivity (Wildman–Crippen MR) is 102 cm³/mol. The van der Waals surface area contributed by atoms with E-state index in [1.54, 1.807) is 24.8 Å². The van der Waals surface area contributed by atoms with Crippen molar-refractivity contribution in [1.29, 1.82) is 0 Å². The van der Waals surface area contributed by atoms with Crippen molar-refractivity contribution in [1.82, 2.24) is 4.72 Å². The molecule has 1 aromatic carbocycles. The van der Waals surface area contributed by atoms with Crippen molar-refractivity contribution in [3.63, 3.8) is 0 Å². The largest absolute Gasteiger partial charge is 0.307 e. The number of thiophene rings is 1. The van der Waals surface area contributed by atoms with Gasteiger partial charge < -0.3 is 4.90 Å². The van der Waals surface area contributed by atoms with Crippen LogP contribution in [0.3, 0.4) is 0 Å². The Kier molecular flexibility index (Phi) is 5.12. The van der Waals surface area contributed by atoms with Crippen LogP contribution >= 0.6 is 11.3 Å². The molecule has 0 saturated heterocycles. The Hall–Kier alpha value is -1.90. The molecule has 25 heavy (non-hydrogen) atoms. The summed E-state index contributed by atoms with van der Waals surface area (Å²) in [5, 5.41) is 1.89. The van der Waals surface area contributed by atoms with Gasteiger partial charge in [-0.2, -0.15) is 13.1 Å². The van der Waals surface area contributed by atoms with Crippen molar-refractivity contribution in [3.05, 3.63) is 46.2 Å². The zero-order valence-corrected chi connectivity index (χ0v) is 15.8. The van der Waals surface area contributed by atoms with Gasteiger partial charge in [0, 0.05) is 18.3 Å². The van der Waals surface area contributed by atoms with Crippen molar-refractivity contribution >= 4 is 38.8 Å². The number of amides is 1. The molecule has 8 heteroatoms. The van der Waals surface area contributed by atoms with Crippen molar-refractivity contribution in [2.75, 3.05) is 16.2 Å². The molecule has 0 aliphatic carbocycles. The van der Waals surface area contributed by atoms with Crippen molar-refractivity contribution in [3.8, 4) is 0 Å². The van der Waals surface area contributed by atoms with Crippen LogP contribution in [-0.2, 0) is 16.6 Å². The van der Waals surface area contributed by atoms with Crippen LogP contribution in [0.2, 0.25) is 0 Å². The Balaban J connectivity index is 1.84. The van der Waals surface area contributed by atoms with E-state index in [4.69, 9.17) is 0 Å². The number of hydrogen-bond donors (Lipinski definition) is 2. The first-order valence-corrected chi connectivity index (χ1v) is 10.5. The fourth-order valence-electron chi connectivity index (χ4n) is 2.90. The van der Waals surface area contributed by atoms with Gasteiger partial charge in [-0.05, 0) is 61.9 Å². The fourth-order valence-corrected chi connectivity index (χ4v) is 4.69.